The van der Waals surface area contributed by atoms with Gasteiger partial charge >= 0.3 is 13.1 Å². The average molecular weight is 311 g/mol. The Labute approximate surface area is 125 Å². The van der Waals surface area contributed by atoms with Crippen LogP contribution >= 0.6 is 0 Å². The smallest absolute Gasteiger partial charge is 0.480 e. The Morgan fingerprint density at radius 3 is 2.50 bits per heavy atom. The fraction of sp³-hybridized carbons (Fsp3) is 0.333. The molecule has 1 aromatic rings. The number of carboxylic acids is 1. The van der Waals surface area contributed by atoms with Crippen LogP contribution in [0.1, 0.15) is 23.2 Å². The van der Waals surface area contributed by atoms with Gasteiger partial charge in [0.25, 0.3) is 5.69 Å². The number of hydrogen-bond donors (Lipinski definition) is 3. The average Bonchev–Trinajstić information content (AvgIpc) is 2.45. The minimum Gasteiger partial charge on any atom is -0.480 e. The summed E-state index contributed by atoms with van der Waals surface area (Å²) < 4.78 is 4.77. The first-order valence-electron chi connectivity index (χ1n) is 6.29. The van der Waals surface area contributed by atoms with Crippen LogP contribution in [-0.2, 0) is 9.53 Å². The molecule has 1 rings (SSSR count). The molecule has 0 aliphatic carbocycles. The van der Waals surface area contributed by atoms with Gasteiger partial charge in [-0.1, -0.05) is 6.07 Å². The number of non-ortho nitro benzene ring substituents is 1. The van der Waals surface area contributed by atoms with E-state index in [2.05, 4.69) is 0 Å². The molecule has 0 fully saturated rings. The molecule has 0 saturated heterocycles. The molecule has 10 heteroatoms. The first-order valence-corrected chi connectivity index (χ1v) is 6.29. The van der Waals surface area contributed by atoms with Crippen molar-refractivity contribution in [2.75, 3.05) is 13.2 Å². The number of nitrogens with zero attached hydrogens (tertiary/aromatic N) is 1. The van der Waals surface area contributed by atoms with Crippen LogP contribution in [0.4, 0.5) is 5.69 Å². The van der Waals surface area contributed by atoms with E-state index in [0.29, 0.717) is 0 Å². The van der Waals surface area contributed by atoms with Gasteiger partial charge in [0, 0.05) is 30.7 Å². The van der Waals surface area contributed by atoms with Gasteiger partial charge in [-0.2, -0.15) is 0 Å². The molecule has 0 unspecified atom stereocenters. The van der Waals surface area contributed by atoms with Crippen LogP contribution in [0.5, 0.6) is 0 Å². The zero-order valence-electron chi connectivity index (χ0n) is 11.5. The summed E-state index contributed by atoms with van der Waals surface area (Å²) in [5.41, 5.74) is -0.591. The third-order valence-corrected chi connectivity index (χ3v) is 2.69. The zero-order valence-corrected chi connectivity index (χ0v) is 11.5. The Morgan fingerprint density at radius 2 is 1.95 bits per heavy atom. The Kier molecular flexibility index (Phi) is 6.64. The number of hydrogen-bond acceptors (Lipinski definition) is 7. The minimum atomic E-state index is -1.93. The summed E-state index contributed by atoms with van der Waals surface area (Å²) in [5, 5.41) is 37.3. The highest BCUT2D eigenvalue weighted by Crippen LogP contribution is 2.14. The lowest BCUT2D eigenvalue weighted by Gasteiger charge is -2.05. The Hall–Kier alpha value is -2.30. The van der Waals surface area contributed by atoms with Gasteiger partial charge in [0.15, 0.2) is 5.78 Å². The van der Waals surface area contributed by atoms with E-state index in [1.807, 2.05) is 0 Å². The van der Waals surface area contributed by atoms with Gasteiger partial charge in [-0.15, -0.1) is 0 Å². The summed E-state index contributed by atoms with van der Waals surface area (Å²) in [4.78, 5) is 32.2. The van der Waals surface area contributed by atoms with E-state index in [0.717, 1.165) is 18.2 Å². The maximum atomic E-state index is 11.9. The van der Waals surface area contributed by atoms with Crippen molar-refractivity contribution in [2.24, 2.45) is 0 Å². The molecule has 118 valence electrons. The Balaban J connectivity index is 2.71. The lowest BCUT2D eigenvalue weighted by atomic mass is 9.79. The van der Waals surface area contributed by atoms with Gasteiger partial charge in [-0.25, -0.2) is 4.79 Å². The van der Waals surface area contributed by atoms with Crippen LogP contribution in [0.2, 0.25) is 0 Å². The highest BCUT2D eigenvalue weighted by molar-refractivity contribution is 6.58. The third kappa shape index (κ3) is 5.60. The zero-order chi connectivity index (χ0) is 16.7. The molecule has 9 nitrogen and oxygen atoms in total. The molecule has 1 aromatic carbocycles. The third-order valence-electron chi connectivity index (χ3n) is 2.69. The largest absolute Gasteiger partial charge is 0.488 e. The Bertz CT molecular complexity index is 574. The van der Waals surface area contributed by atoms with E-state index in [-0.39, 0.29) is 30.5 Å². The molecule has 0 radical (unpaired) electrons. The van der Waals surface area contributed by atoms with E-state index in [1.165, 1.54) is 0 Å². The summed E-state index contributed by atoms with van der Waals surface area (Å²) in [5.74, 6) is -1.56. The number of nitro benzene ring substituents is 1. The van der Waals surface area contributed by atoms with Crippen LogP contribution in [-0.4, -0.2) is 52.2 Å². The van der Waals surface area contributed by atoms with Crippen molar-refractivity contribution in [3.8, 4) is 0 Å². The Morgan fingerprint density at radius 1 is 1.27 bits per heavy atom. The molecule has 0 bridgehead atoms. The van der Waals surface area contributed by atoms with E-state index in [4.69, 9.17) is 19.9 Å². The number of aliphatic carboxylic acids is 1. The number of benzene rings is 1. The molecule has 0 aromatic heterocycles. The van der Waals surface area contributed by atoms with Gasteiger partial charge in [0.2, 0.25) is 0 Å². The van der Waals surface area contributed by atoms with E-state index in [9.17, 15) is 19.7 Å². The lowest BCUT2D eigenvalue weighted by Crippen LogP contribution is -2.30. The van der Waals surface area contributed by atoms with E-state index < -0.39 is 36.1 Å². The number of nitro groups is 1. The minimum absolute atomic E-state index is 0.0122. The molecule has 0 saturated carbocycles. The van der Waals surface area contributed by atoms with Gasteiger partial charge in [0.05, 0.1) is 4.92 Å². The molecular weight excluding hydrogens is 297 g/mol. The second kappa shape index (κ2) is 8.22. The van der Waals surface area contributed by atoms with Gasteiger partial charge < -0.3 is 19.9 Å². The standard InChI is InChI=1S/C12H14BNO8/c15-11(2-1-3-22-7-12(16)17)8-4-9(13(18)19)6-10(5-8)14(20)21/h4-6,18-19H,1-3,7H2,(H,16,17). The number of carboxylic acid groups (broad SMARTS) is 1. The molecule has 0 spiro atoms. The molecule has 22 heavy (non-hydrogen) atoms. The number of Topliss-reactive ketones (excluding diaryl/α,β-unsaturated/α-hetero) is 1. The highest BCUT2D eigenvalue weighted by atomic mass is 16.6. The van der Waals surface area contributed by atoms with Crippen molar-refractivity contribution in [1.29, 1.82) is 0 Å². The number of rotatable bonds is 9. The van der Waals surface area contributed by atoms with Crippen molar-refractivity contribution in [3.05, 3.63) is 33.9 Å². The summed E-state index contributed by atoms with van der Waals surface area (Å²) in [7, 11) is -1.93. The molecule has 0 aliphatic rings. The summed E-state index contributed by atoms with van der Waals surface area (Å²) in [6.07, 6.45) is 0.230. The summed E-state index contributed by atoms with van der Waals surface area (Å²) in [6, 6.07) is 3.18. The van der Waals surface area contributed by atoms with Gasteiger partial charge in [-0.3, -0.25) is 14.9 Å². The monoisotopic (exact) mass is 311 g/mol. The van der Waals surface area contributed by atoms with Crippen LogP contribution in [0.15, 0.2) is 18.2 Å². The second-order valence-electron chi connectivity index (χ2n) is 4.42. The van der Waals surface area contributed by atoms with Crippen molar-refractivity contribution in [2.45, 2.75) is 12.8 Å². The quantitative estimate of drug-likeness (QED) is 0.179. The fourth-order valence-corrected chi connectivity index (χ4v) is 1.69. The predicted octanol–water partition coefficient (Wildman–Crippen LogP) is -0.661. The van der Waals surface area contributed by atoms with Gasteiger partial charge in [0.1, 0.15) is 6.61 Å². The van der Waals surface area contributed by atoms with Crippen molar-refractivity contribution < 1.29 is 34.4 Å². The van der Waals surface area contributed by atoms with Crippen LogP contribution < -0.4 is 5.46 Å². The molecule has 0 heterocycles. The SMILES string of the molecule is O=C(O)COCCCC(=O)c1cc(B(O)O)cc([N+](=O)[O-])c1. The maximum Gasteiger partial charge on any atom is 0.488 e. The number of carbonyl (C=O) groups is 2. The highest BCUT2D eigenvalue weighted by Gasteiger charge is 2.20. The van der Waals surface area contributed by atoms with Gasteiger partial charge in [-0.05, 0) is 11.9 Å². The molecule has 0 amide bonds. The first-order chi connectivity index (χ1) is 10.3. The van der Waals surface area contributed by atoms with Crippen LogP contribution in [0.3, 0.4) is 0 Å². The van der Waals surface area contributed by atoms with Crippen molar-refractivity contribution in [1.82, 2.24) is 0 Å². The predicted molar refractivity (Wildman–Crippen MR) is 74.9 cm³/mol. The topological polar surface area (TPSA) is 147 Å². The summed E-state index contributed by atoms with van der Waals surface area (Å²) in [6.45, 7) is -0.408. The molecular formula is C12H14BNO8. The first kappa shape index (κ1) is 17.8. The lowest BCUT2D eigenvalue weighted by molar-refractivity contribution is -0.384. The maximum absolute atomic E-state index is 11.9. The number of carbonyl (C=O) groups excluding carboxylic acids is 1. The van der Waals surface area contributed by atoms with Crippen molar-refractivity contribution in [3.63, 3.8) is 0 Å². The molecule has 0 aliphatic heterocycles. The normalized spacial score (nSPS) is 10.3. The van der Waals surface area contributed by atoms with E-state index in [1.54, 1.807) is 0 Å². The van der Waals surface area contributed by atoms with Crippen LogP contribution in [0, 0.1) is 10.1 Å². The van der Waals surface area contributed by atoms with Crippen molar-refractivity contribution >= 4 is 30.0 Å². The van der Waals surface area contributed by atoms with Crippen LogP contribution in [0.25, 0.3) is 0 Å². The number of ether oxygens (including phenoxy) is 1. The second-order valence-corrected chi connectivity index (χ2v) is 4.42. The van der Waals surface area contributed by atoms with E-state index >= 15 is 0 Å². The molecule has 3 N–H and O–H groups in total. The summed E-state index contributed by atoms with van der Waals surface area (Å²) >= 11 is 0. The number of ketones is 1. The molecule has 0 atom stereocenters. The fourth-order valence-electron chi connectivity index (χ4n) is 1.69.